The lowest BCUT2D eigenvalue weighted by molar-refractivity contribution is -0.159. The first-order chi connectivity index (χ1) is 9.43. The average molecular weight is 284 g/mol. The third-order valence-electron chi connectivity index (χ3n) is 3.78. The summed E-state index contributed by atoms with van der Waals surface area (Å²) in [4.78, 5) is 48.3. The van der Waals surface area contributed by atoms with Gasteiger partial charge < -0.3 is 20.0 Å². The fourth-order valence-electron chi connectivity index (χ4n) is 2.78. The Kier molecular flexibility index (Phi) is 3.91. The van der Waals surface area contributed by atoms with Gasteiger partial charge in [-0.25, -0.2) is 9.59 Å². The molecule has 0 bridgehead atoms. The van der Waals surface area contributed by atoms with E-state index in [0.717, 1.165) is 9.80 Å². The first kappa shape index (κ1) is 14.3. The molecule has 20 heavy (non-hydrogen) atoms. The Balaban J connectivity index is 2.10. The maximum Gasteiger partial charge on any atom is 0.326 e. The van der Waals surface area contributed by atoms with Gasteiger partial charge in [-0.05, 0) is 25.7 Å². The SMILES string of the molecule is O=C(O)C1CCCN1C(=O)C(=O)N1CCCC1C(=O)O. The first-order valence-electron chi connectivity index (χ1n) is 6.50. The van der Waals surface area contributed by atoms with Crippen molar-refractivity contribution in [1.29, 1.82) is 0 Å². The molecule has 0 aliphatic carbocycles. The van der Waals surface area contributed by atoms with Crippen LogP contribution in [0.2, 0.25) is 0 Å². The van der Waals surface area contributed by atoms with E-state index in [1.807, 2.05) is 0 Å². The molecule has 110 valence electrons. The summed E-state index contributed by atoms with van der Waals surface area (Å²) in [5, 5.41) is 18.0. The monoisotopic (exact) mass is 284 g/mol. The van der Waals surface area contributed by atoms with Gasteiger partial charge in [0.15, 0.2) is 0 Å². The number of carboxylic acid groups (broad SMARTS) is 2. The second kappa shape index (κ2) is 5.48. The van der Waals surface area contributed by atoms with Gasteiger partial charge in [-0.15, -0.1) is 0 Å². The van der Waals surface area contributed by atoms with Crippen LogP contribution in [0.1, 0.15) is 25.7 Å². The van der Waals surface area contributed by atoms with E-state index < -0.39 is 35.8 Å². The summed E-state index contributed by atoms with van der Waals surface area (Å²) in [6, 6.07) is -1.98. The lowest BCUT2D eigenvalue weighted by Crippen LogP contribution is -2.51. The van der Waals surface area contributed by atoms with E-state index in [0.29, 0.717) is 25.7 Å². The van der Waals surface area contributed by atoms with Gasteiger partial charge in [-0.1, -0.05) is 0 Å². The van der Waals surface area contributed by atoms with E-state index in [-0.39, 0.29) is 13.1 Å². The molecule has 2 fully saturated rings. The van der Waals surface area contributed by atoms with Crippen molar-refractivity contribution in [3.05, 3.63) is 0 Å². The molecule has 2 aliphatic rings. The highest BCUT2D eigenvalue weighted by molar-refractivity contribution is 6.35. The van der Waals surface area contributed by atoms with Crippen LogP contribution in [-0.4, -0.2) is 68.9 Å². The maximum absolute atomic E-state index is 12.1. The zero-order valence-corrected chi connectivity index (χ0v) is 10.8. The summed E-state index contributed by atoms with van der Waals surface area (Å²) < 4.78 is 0. The lowest BCUT2D eigenvalue weighted by Gasteiger charge is -2.26. The summed E-state index contributed by atoms with van der Waals surface area (Å²) in [6.07, 6.45) is 1.68. The topological polar surface area (TPSA) is 115 Å². The normalized spacial score (nSPS) is 25.8. The van der Waals surface area contributed by atoms with E-state index in [1.165, 1.54) is 0 Å². The molecule has 2 amide bonds. The molecule has 2 heterocycles. The van der Waals surface area contributed by atoms with Crippen molar-refractivity contribution in [3.63, 3.8) is 0 Å². The second-order valence-electron chi connectivity index (χ2n) is 4.99. The highest BCUT2D eigenvalue weighted by atomic mass is 16.4. The summed E-state index contributed by atoms with van der Waals surface area (Å²) in [6.45, 7) is 0.431. The van der Waals surface area contributed by atoms with Crippen molar-refractivity contribution in [2.24, 2.45) is 0 Å². The lowest BCUT2D eigenvalue weighted by atomic mass is 10.2. The van der Waals surface area contributed by atoms with Crippen LogP contribution < -0.4 is 0 Å². The molecule has 0 aromatic rings. The number of likely N-dealkylation sites (tertiary alicyclic amines) is 2. The van der Waals surface area contributed by atoms with E-state index in [2.05, 4.69) is 0 Å². The predicted octanol–water partition coefficient (Wildman–Crippen LogP) is -0.862. The van der Waals surface area contributed by atoms with Gasteiger partial charge >= 0.3 is 23.8 Å². The summed E-state index contributed by atoms with van der Waals surface area (Å²) in [5.74, 6) is -4.11. The van der Waals surface area contributed by atoms with Crippen molar-refractivity contribution in [3.8, 4) is 0 Å². The van der Waals surface area contributed by atoms with Crippen molar-refractivity contribution in [1.82, 2.24) is 9.80 Å². The van der Waals surface area contributed by atoms with E-state index in [1.54, 1.807) is 0 Å². The number of carbonyl (C=O) groups is 4. The van der Waals surface area contributed by atoms with Crippen molar-refractivity contribution < 1.29 is 29.4 Å². The Morgan fingerprint density at radius 1 is 0.750 bits per heavy atom. The van der Waals surface area contributed by atoms with E-state index in [4.69, 9.17) is 10.2 Å². The fraction of sp³-hybridized carbons (Fsp3) is 0.667. The second-order valence-corrected chi connectivity index (χ2v) is 4.99. The number of hydrogen-bond donors (Lipinski definition) is 2. The number of amides is 2. The molecule has 2 N–H and O–H groups in total. The molecular formula is C12H16N2O6. The van der Waals surface area contributed by atoms with Crippen LogP contribution >= 0.6 is 0 Å². The van der Waals surface area contributed by atoms with Gasteiger partial charge in [-0.3, -0.25) is 9.59 Å². The van der Waals surface area contributed by atoms with Crippen molar-refractivity contribution >= 4 is 23.8 Å². The smallest absolute Gasteiger partial charge is 0.326 e. The Morgan fingerprint density at radius 2 is 1.10 bits per heavy atom. The molecule has 2 unspecified atom stereocenters. The number of carbonyl (C=O) groups excluding carboxylic acids is 2. The molecule has 2 saturated heterocycles. The molecule has 8 heteroatoms. The third kappa shape index (κ3) is 2.45. The quantitative estimate of drug-likeness (QED) is 0.637. The van der Waals surface area contributed by atoms with Crippen LogP contribution in [0.15, 0.2) is 0 Å². The molecule has 0 saturated carbocycles. The zero-order chi connectivity index (χ0) is 14.9. The number of aliphatic carboxylic acids is 2. The van der Waals surface area contributed by atoms with Crippen molar-refractivity contribution in [2.45, 2.75) is 37.8 Å². The average Bonchev–Trinajstić information content (AvgIpc) is 3.05. The molecule has 2 atom stereocenters. The number of hydrogen-bond acceptors (Lipinski definition) is 4. The molecule has 2 rings (SSSR count). The Morgan fingerprint density at radius 3 is 1.40 bits per heavy atom. The molecule has 0 spiro atoms. The minimum Gasteiger partial charge on any atom is -0.480 e. The van der Waals surface area contributed by atoms with Crippen LogP contribution in [0, 0.1) is 0 Å². The van der Waals surface area contributed by atoms with Crippen LogP contribution in [0.3, 0.4) is 0 Å². The van der Waals surface area contributed by atoms with Gasteiger partial charge in [0.05, 0.1) is 0 Å². The largest absolute Gasteiger partial charge is 0.480 e. The molecule has 0 aromatic carbocycles. The highest BCUT2D eigenvalue weighted by Gasteiger charge is 2.42. The van der Waals surface area contributed by atoms with Gasteiger partial charge in [-0.2, -0.15) is 0 Å². The Labute approximate surface area is 114 Å². The standard InChI is InChI=1S/C12H16N2O6/c15-9(13-5-1-3-7(13)11(17)18)10(16)14-6-2-4-8(14)12(19)20/h7-8H,1-6H2,(H,17,18)(H,19,20). The Bertz CT molecular complexity index is 421. The van der Waals surface area contributed by atoms with Gasteiger partial charge in [0.1, 0.15) is 12.1 Å². The number of nitrogens with zero attached hydrogens (tertiary/aromatic N) is 2. The minimum absolute atomic E-state index is 0.215. The summed E-state index contributed by atoms with van der Waals surface area (Å²) in [7, 11) is 0. The van der Waals surface area contributed by atoms with Crippen LogP contribution in [-0.2, 0) is 19.2 Å². The fourth-order valence-corrected chi connectivity index (χ4v) is 2.78. The van der Waals surface area contributed by atoms with Crippen LogP contribution in [0.25, 0.3) is 0 Å². The predicted molar refractivity (Wildman–Crippen MR) is 64.7 cm³/mol. The molecule has 2 aliphatic heterocycles. The van der Waals surface area contributed by atoms with Gasteiger partial charge in [0.25, 0.3) is 0 Å². The molecule has 8 nitrogen and oxygen atoms in total. The van der Waals surface area contributed by atoms with Crippen molar-refractivity contribution in [2.75, 3.05) is 13.1 Å². The van der Waals surface area contributed by atoms with Gasteiger partial charge in [0, 0.05) is 13.1 Å². The first-order valence-corrected chi connectivity index (χ1v) is 6.50. The molecule has 0 radical (unpaired) electrons. The zero-order valence-electron chi connectivity index (χ0n) is 10.8. The maximum atomic E-state index is 12.1. The minimum atomic E-state index is -1.14. The summed E-state index contributed by atoms with van der Waals surface area (Å²) >= 11 is 0. The van der Waals surface area contributed by atoms with Crippen LogP contribution in [0.5, 0.6) is 0 Å². The van der Waals surface area contributed by atoms with E-state index >= 15 is 0 Å². The number of rotatable bonds is 2. The van der Waals surface area contributed by atoms with E-state index in [9.17, 15) is 19.2 Å². The number of carboxylic acids is 2. The molecular weight excluding hydrogens is 268 g/mol. The third-order valence-corrected chi connectivity index (χ3v) is 3.78. The summed E-state index contributed by atoms with van der Waals surface area (Å²) in [5.41, 5.74) is 0. The van der Waals surface area contributed by atoms with Gasteiger partial charge in [0.2, 0.25) is 0 Å². The Hall–Kier alpha value is -2.12. The highest BCUT2D eigenvalue weighted by Crippen LogP contribution is 2.22. The molecule has 0 aromatic heterocycles. The van der Waals surface area contributed by atoms with Crippen LogP contribution in [0.4, 0.5) is 0 Å².